The molecule has 2 rings (SSSR count). The maximum absolute atomic E-state index is 14.8. The number of sulfonamides is 1. The Balaban J connectivity index is 2.30. The first-order chi connectivity index (χ1) is 17.6. The van der Waals surface area contributed by atoms with Crippen LogP contribution in [-0.2, 0) is 32.5 Å². The van der Waals surface area contributed by atoms with Gasteiger partial charge in [0.05, 0.1) is 18.2 Å². The fourth-order valence-electron chi connectivity index (χ4n) is 3.33. The Labute approximate surface area is 227 Å². The number of hydrogen-bond donors (Lipinski definition) is 1. The molecule has 0 bridgehead atoms. The monoisotopic (exact) mass is 572 g/mol. The van der Waals surface area contributed by atoms with Gasteiger partial charge in [0.2, 0.25) is 10.0 Å². The van der Waals surface area contributed by atoms with Crippen LogP contribution in [0.25, 0.3) is 0 Å². The standard InChI is InChI=1S/C25H34ClFN4O6S/c1-8-36-23(32)22-19(14-18(27)11-12-28-24(33)37-25(3,4)5)16(2)31(29-22)15-17-9-10-21(20(26)13-17)38(34,35)30(6)7/h9-11,13H,8,12,14-15H2,1-7H3,(H,28,33)/b18-11-. The number of allylic oxidation sites excluding steroid dienone is 1. The van der Waals surface area contributed by atoms with E-state index in [2.05, 4.69) is 10.4 Å². The molecule has 2 aromatic rings. The first-order valence-corrected chi connectivity index (χ1v) is 13.6. The highest BCUT2D eigenvalue weighted by Gasteiger charge is 2.24. The highest BCUT2D eigenvalue weighted by molar-refractivity contribution is 7.89. The molecule has 0 saturated heterocycles. The number of amides is 1. The predicted octanol–water partition coefficient (Wildman–Crippen LogP) is 4.24. The Morgan fingerprint density at radius 3 is 2.47 bits per heavy atom. The van der Waals surface area contributed by atoms with Gasteiger partial charge in [0.15, 0.2) is 5.69 Å². The van der Waals surface area contributed by atoms with E-state index in [0.29, 0.717) is 16.8 Å². The Hall–Kier alpha value is -2.96. The van der Waals surface area contributed by atoms with Crippen LogP contribution < -0.4 is 5.32 Å². The van der Waals surface area contributed by atoms with Gasteiger partial charge in [0.1, 0.15) is 16.3 Å². The van der Waals surface area contributed by atoms with Crippen LogP contribution in [0.3, 0.4) is 0 Å². The molecule has 0 atom stereocenters. The maximum atomic E-state index is 14.8. The van der Waals surface area contributed by atoms with Gasteiger partial charge >= 0.3 is 12.1 Å². The van der Waals surface area contributed by atoms with Crippen LogP contribution in [-0.4, -0.2) is 67.4 Å². The summed E-state index contributed by atoms with van der Waals surface area (Å²) in [6, 6.07) is 4.50. The number of carbonyl (C=O) groups excluding carboxylic acids is 2. The van der Waals surface area contributed by atoms with Gasteiger partial charge < -0.3 is 14.8 Å². The lowest BCUT2D eigenvalue weighted by atomic mass is 10.1. The third-order valence-electron chi connectivity index (χ3n) is 5.20. The van der Waals surface area contributed by atoms with E-state index in [9.17, 15) is 22.4 Å². The van der Waals surface area contributed by atoms with Crippen molar-refractivity contribution in [2.45, 2.75) is 58.1 Å². The summed E-state index contributed by atoms with van der Waals surface area (Å²) in [4.78, 5) is 24.3. The Kier molecular flexibility index (Phi) is 10.5. The van der Waals surface area contributed by atoms with Crippen molar-refractivity contribution in [2.75, 3.05) is 27.2 Å². The largest absolute Gasteiger partial charge is 0.461 e. The molecule has 0 fully saturated rings. The van der Waals surface area contributed by atoms with Crippen LogP contribution in [0.15, 0.2) is 35.0 Å². The van der Waals surface area contributed by atoms with Gasteiger partial charge in [-0.1, -0.05) is 17.7 Å². The van der Waals surface area contributed by atoms with Gasteiger partial charge in [-0.05, 0) is 58.4 Å². The van der Waals surface area contributed by atoms with E-state index in [1.807, 2.05) is 0 Å². The summed E-state index contributed by atoms with van der Waals surface area (Å²) in [5.41, 5.74) is 0.742. The molecule has 38 heavy (non-hydrogen) atoms. The number of benzene rings is 1. The summed E-state index contributed by atoms with van der Waals surface area (Å²) in [6.07, 6.45) is 0.247. The van der Waals surface area contributed by atoms with E-state index < -0.39 is 33.5 Å². The third-order valence-corrected chi connectivity index (χ3v) is 7.50. The second-order valence-electron chi connectivity index (χ2n) is 9.55. The maximum Gasteiger partial charge on any atom is 0.407 e. The van der Waals surface area contributed by atoms with Crippen LogP contribution in [0.5, 0.6) is 0 Å². The number of hydrogen-bond acceptors (Lipinski definition) is 7. The number of ether oxygens (including phenoxy) is 2. The molecule has 0 aliphatic heterocycles. The summed E-state index contributed by atoms with van der Waals surface area (Å²) >= 11 is 6.26. The molecule has 1 N–H and O–H groups in total. The number of nitrogens with one attached hydrogen (secondary N) is 1. The topological polar surface area (TPSA) is 120 Å². The average molecular weight is 573 g/mol. The van der Waals surface area contributed by atoms with E-state index in [-0.39, 0.29) is 41.7 Å². The van der Waals surface area contributed by atoms with Gasteiger partial charge in [-0.25, -0.2) is 26.7 Å². The Morgan fingerprint density at radius 2 is 1.92 bits per heavy atom. The normalized spacial score (nSPS) is 12.5. The number of nitrogens with zero attached hydrogens (tertiary/aromatic N) is 3. The summed E-state index contributed by atoms with van der Waals surface area (Å²) in [5, 5.41) is 6.83. The quantitative estimate of drug-likeness (QED) is 0.423. The van der Waals surface area contributed by atoms with Crippen LogP contribution in [0.1, 0.15) is 55.0 Å². The first-order valence-electron chi connectivity index (χ1n) is 11.8. The second kappa shape index (κ2) is 12.7. The van der Waals surface area contributed by atoms with E-state index in [1.54, 1.807) is 40.7 Å². The number of rotatable bonds is 10. The van der Waals surface area contributed by atoms with E-state index >= 15 is 0 Å². The molecule has 1 aromatic heterocycles. The number of esters is 1. The molecule has 13 heteroatoms. The number of alkyl carbamates (subject to hydrolysis) is 1. The van der Waals surface area contributed by atoms with Crippen molar-refractivity contribution in [3.63, 3.8) is 0 Å². The lowest BCUT2D eigenvalue weighted by molar-refractivity contribution is 0.0512. The lowest BCUT2D eigenvalue weighted by Crippen LogP contribution is -2.32. The molecule has 1 aromatic carbocycles. The molecule has 0 unspecified atom stereocenters. The minimum atomic E-state index is -3.73. The van der Waals surface area contributed by atoms with Crippen molar-refractivity contribution >= 4 is 33.7 Å². The smallest absolute Gasteiger partial charge is 0.407 e. The average Bonchev–Trinajstić information content (AvgIpc) is 3.07. The zero-order valence-electron chi connectivity index (χ0n) is 22.6. The molecule has 0 aliphatic rings. The zero-order chi connectivity index (χ0) is 28.8. The number of aromatic nitrogens is 2. The molecular weight excluding hydrogens is 539 g/mol. The van der Waals surface area contributed by atoms with Crippen molar-refractivity contribution in [3.8, 4) is 0 Å². The van der Waals surface area contributed by atoms with Crippen molar-refractivity contribution in [1.82, 2.24) is 19.4 Å². The van der Waals surface area contributed by atoms with Gasteiger partial charge in [-0.2, -0.15) is 5.10 Å². The number of halogens is 2. The molecule has 0 saturated carbocycles. The minimum Gasteiger partial charge on any atom is -0.461 e. The first kappa shape index (κ1) is 31.3. The molecule has 1 heterocycles. The molecule has 210 valence electrons. The zero-order valence-corrected chi connectivity index (χ0v) is 24.2. The SMILES string of the molecule is CCOC(=O)c1nn(Cc2ccc(S(=O)(=O)N(C)C)c(Cl)c2)c(C)c1C/C(F)=C/CNC(=O)OC(C)(C)C. The second-order valence-corrected chi connectivity index (χ2v) is 12.1. The van der Waals surface area contributed by atoms with Crippen molar-refractivity contribution in [1.29, 1.82) is 0 Å². The summed E-state index contributed by atoms with van der Waals surface area (Å²) < 4.78 is 52.5. The molecule has 10 nitrogen and oxygen atoms in total. The molecular formula is C25H34ClFN4O6S. The summed E-state index contributed by atoms with van der Waals surface area (Å²) in [6.45, 7) is 8.63. The molecule has 0 aliphatic carbocycles. The van der Waals surface area contributed by atoms with Crippen LogP contribution in [0, 0.1) is 6.92 Å². The molecule has 1 amide bonds. The van der Waals surface area contributed by atoms with Crippen molar-refractivity contribution in [2.24, 2.45) is 0 Å². The highest BCUT2D eigenvalue weighted by Crippen LogP contribution is 2.26. The van der Waals surface area contributed by atoms with Gasteiger partial charge in [-0.15, -0.1) is 0 Å². The van der Waals surface area contributed by atoms with Gasteiger partial charge in [0.25, 0.3) is 0 Å². The Morgan fingerprint density at radius 1 is 1.26 bits per heavy atom. The van der Waals surface area contributed by atoms with E-state index in [4.69, 9.17) is 21.1 Å². The lowest BCUT2D eigenvalue weighted by Gasteiger charge is -2.19. The minimum absolute atomic E-state index is 0.0362. The fraction of sp³-hybridized carbons (Fsp3) is 0.480. The van der Waals surface area contributed by atoms with E-state index in [0.717, 1.165) is 4.31 Å². The summed E-state index contributed by atoms with van der Waals surface area (Å²) in [5.74, 6) is -1.29. The summed E-state index contributed by atoms with van der Waals surface area (Å²) in [7, 11) is -0.907. The van der Waals surface area contributed by atoms with Crippen LogP contribution in [0.2, 0.25) is 5.02 Å². The van der Waals surface area contributed by atoms with Crippen LogP contribution in [0.4, 0.5) is 9.18 Å². The predicted molar refractivity (Wildman–Crippen MR) is 141 cm³/mol. The molecule has 0 spiro atoms. The van der Waals surface area contributed by atoms with E-state index in [1.165, 1.54) is 37.0 Å². The fourth-order valence-corrected chi connectivity index (χ4v) is 4.77. The third kappa shape index (κ3) is 8.27. The highest BCUT2D eigenvalue weighted by atomic mass is 35.5. The van der Waals surface area contributed by atoms with Crippen LogP contribution >= 0.6 is 11.6 Å². The Bertz CT molecular complexity index is 1320. The van der Waals surface area contributed by atoms with Crippen molar-refractivity contribution in [3.05, 3.63) is 57.6 Å². The van der Waals surface area contributed by atoms with Gasteiger partial charge in [-0.3, -0.25) is 4.68 Å². The van der Waals surface area contributed by atoms with Gasteiger partial charge in [0, 0.05) is 38.3 Å². The number of carbonyl (C=O) groups is 2. The van der Waals surface area contributed by atoms with Crippen molar-refractivity contribution < 1.29 is 31.9 Å². The molecule has 0 radical (unpaired) electrons.